The second-order valence-electron chi connectivity index (χ2n) is 32.1. The molecule has 0 aliphatic carbocycles. The quantitative estimate of drug-likeness (QED) is 0.0226. The average molecular weight is 1860 g/mol. The van der Waals surface area contributed by atoms with Crippen molar-refractivity contribution in [2.45, 2.75) is 43.6 Å². The number of imide groups is 1. The summed E-state index contributed by atoms with van der Waals surface area (Å²) in [7, 11) is 50.1. The van der Waals surface area contributed by atoms with E-state index in [2.05, 4.69) is 40.4 Å². The van der Waals surface area contributed by atoms with E-state index in [1.165, 1.54) is 90.8 Å². The zero-order valence-corrected chi connectivity index (χ0v) is 80.5. The van der Waals surface area contributed by atoms with Crippen LogP contribution in [-0.4, -0.2) is 413 Å². The summed E-state index contributed by atoms with van der Waals surface area (Å²) in [6, 6.07) is 31.8. The molecule has 2 amide bonds. The predicted octanol–water partition coefficient (Wildman–Crippen LogP) is 0.950. The summed E-state index contributed by atoms with van der Waals surface area (Å²) in [5.41, 5.74) is 4.08. The average Bonchev–Trinajstić information content (AvgIpc) is 1.70. The minimum absolute atomic E-state index is 0.0943. The maximum Gasteiger partial charge on any atom is 0.472 e. The molecule has 41 nitrogen and oxygen atoms in total. The van der Waals surface area contributed by atoms with Crippen molar-refractivity contribution in [3.63, 3.8) is 0 Å². The molecule has 131 heavy (non-hydrogen) atoms. The number of benzene rings is 4. The molecular formula is C83H123F6N31O10S+8. The summed E-state index contributed by atoms with van der Waals surface area (Å²) < 4.78 is 103. The van der Waals surface area contributed by atoms with E-state index in [1.54, 1.807) is 133 Å². The Balaban J connectivity index is 0.000000233. The third kappa shape index (κ3) is 27.7. The first-order valence-electron chi connectivity index (χ1n) is 40.8. The second-order valence-corrected chi connectivity index (χ2v) is 33.1. The van der Waals surface area contributed by atoms with E-state index < -0.39 is 34.8 Å². The number of nitrogens with zero attached hydrogens (tertiary/aromatic N) is 31. The molecule has 0 N–H and O–H groups in total. The fourth-order valence-corrected chi connectivity index (χ4v) is 13.9. The van der Waals surface area contributed by atoms with Crippen LogP contribution >= 0.6 is 11.8 Å². The number of carbonyl (C=O) groups excluding carboxylic acids is 2. The summed E-state index contributed by atoms with van der Waals surface area (Å²) in [5.74, 6) is -9.56. The van der Waals surface area contributed by atoms with Crippen LogP contribution in [0.15, 0.2) is 125 Å². The minimum Gasteiger partial charge on any atom is -0.721 e. The molecule has 6 aromatic heterocycles. The highest BCUT2D eigenvalue weighted by molar-refractivity contribution is 8.13. The van der Waals surface area contributed by atoms with Gasteiger partial charge in [0.15, 0.2) is 28.3 Å². The molecule has 48 heteroatoms. The first-order valence-corrected chi connectivity index (χ1v) is 41.7. The van der Waals surface area contributed by atoms with Crippen molar-refractivity contribution in [2.24, 2.45) is 0 Å². The third-order valence-corrected chi connectivity index (χ3v) is 19.7. The number of hydroxylamine groups is 2. The number of hydrogen-bond acceptors (Lipinski definition) is 17. The molecule has 0 unspecified atom stereocenters. The van der Waals surface area contributed by atoms with E-state index >= 15 is 0 Å². The van der Waals surface area contributed by atoms with E-state index in [1.807, 2.05) is 207 Å². The lowest BCUT2D eigenvalue weighted by atomic mass is 10.2. The Morgan fingerprint density at radius 2 is 0.901 bits per heavy atom. The van der Waals surface area contributed by atoms with Gasteiger partial charge in [-0.15, -0.1) is 29.0 Å². The number of halogens is 6. The van der Waals surface area contributed by atoms with Crippen molar-refractivity contribution < 1.29 is 106 Å². The zero-order valence-electron chi connectivity index (χ0n) is 79.7. The van der Waals surface area contributed by atoms with Gasteiger partial charge in [0.1, 0.15) is 11.7 Å². The highest BCUT2D eigenvalue weighted by Crippen LogP contribution is 2.30. The van der Waals surface area contributed by atoms with Crippen LogP contribution < -0.4 is 34.4 Å². The molecule has 0 atom stereocenters. The zero-order chi connectivity index (χ0) is 98.0. The van der Waals surface area contributed by atoms with Crippen LogP contribution in [-0.2, 0) is 14.4 Å². The van der Waals surface area contributed by atoms with Gasteiger partial charge in [-0.25, -0.2) is 51.1 Å². The number of likely N-dealkylation sites (tertiary alicyclic amines) is 1. The molecule has 3 aliphatic heterocycles. The molecular weight excluding hydrogens is 1740 g/mol. The van der Waals surface area contributed by atoms with Gasteiger partial charge < -0.3 is 25.6 Å². The number of fused-ring (bicyclic) bond motifs is 4. The number of ether oxygens (including phenoxy) is 1. The van der Waals surface area contributed by atoms with Crippen molar-refractivity contribution in [1.82, 2.24) is 94.1 Å². The van der Waals surface area contributed by atoms with E-state index in [9.17, 15) is 61.6 Å². The Hall–Kier alpha value is -14.1. The van der Waals surface area contributed by atoms with Gasteiger partial charge in [-0.05, 0) is 90.3 Å². The lowest BCUT2D eigenvalue weighted by molar-refractivity contribution is -0.647. The van der Waals surface area contributed by atoms with Crippen molar-refractivity contribution >= 4 is 115 Å². The summed E-state index contributed by atoms with van der Waals surface area (Å²) in [6.07, 6.45) is 8.17. The standard InChI is InChI=1S/C15H20N5O.C12H16N5O2.C11H12F5N2O.C11H16N5O.C10H15N6O.C10H16N3OS.C9H16N3O3.C5H12FN2/c21-20-14-8-2-1-7-13(14)19(16-20)15(17-9-3-4-10-17)18-11-5-6-12-18;1-15(2)12(16(3)4)19-17-11(18)9-7-5-6-8-10(9)13-14-17;1-17(2)11(18(3)4)19-10-8(15)6(13)5(12)7(14)9(10)16;1-13(2)11(14(3)4)15-9-7-5-6-8-10(9)16(17)12-15;1-13(2)10(14(3)4)15-8-6-5-7-11-9(8)16(17)12-15;1-11(2)10(12(3)4)15-9-7-5-6-8-13(9)14;1-10(2)9(11(3)4)15-12-7(13)5-6-8(12)14;1-7(2)5(6)8(3)4/h1-2,7-8H,3-6,9-12H2;5-8H,1-4H3;1-4H3;5-8H,1-4H3;5-7H,1-4H3;5-8H,1-4H3;5-6H2,1-4H3;1-4H3/q8*+1. The van der Waals surface area contributed by atoms with Crippen molar-refractivity contribution in [1.29, 1.82) is 0 Å². The Labute approximate surface area is 760 Å². The second kappa shape index (κ2) is 48.3. The van der Waals surface area contributed by atoms with Gasteiger partial charge in [0, 0.05) is 30.2 Å². The van der Waals surface area contributed by atoms with E-state index in [0.29, 0.717) is 59.9 Å². The summed E-state index contributed by atoms with van der Waals surface area (Å²) in [4.78, 5) is 66.7. The van der Waals surface area contributed by atoms with Gasteiger partial charge in [0.05, 0.1) is 251 Å². The largest absolute Gasteiger partial charge is 0.721 e. The highest BCUT2D eigenvalue weighted by atomic mass is 32.2. The van der Waals surface area contributed by atoms with Crippen LogP contribution in [0.25, 0.3) is 44.1 Å². The van der Waals surface area contributed by atoms with Gasteiger partial charge in [0.25, 0.3) is 16.8 Å². The number of aromatic nitrogens is 14. The van der Waals surface area contributed by atoms with Crippen LogP contribution in [0.4, 0.5) is 26.3 Å². The summed E-state index contributed by atoms with van der Waals surface area (Å²) in [6.45, 7) is 4.22. The van der Waals surface area contributed by atoms with E-state index in [-0.39, 0.29) is 42.3 Å². The number of amides is 2. The minimum atomic E-state index is -2.22. The molecule has 13 rings (SSSR count). The fourth-order valence-electron chi connectivity index (χ4n) is 13.0. The molecule has 3 aliphatic rings. The number of para-hydroxylation sites is 4. The van der Waals surface area contributed by atoms with E-state index in [4.69, 9.17) is 14.4 Å². The first kappa shape index (κ1) is 106. The van der Waals surface area contributed by atoms with Crippen LogP contribution in [0.5, 0.6) is 5.75 Å². The number of amidine groups is 5. The van der Waals surface area contributed by atoms with Gasteiger partial charge in [0.2, 0.25) is 40.4 Å². The van der Waals surface area contributed by atoms with Crippen LogP contribution in [0.1, 0.15) is 38.5 Å². The monoisotopic (exact) mass is 1860 g/mol. The Morgan fingerprint density at radius 1 is 0.458 bits per heavy atom. The topological polar surface area (TPSA) is 337 Å². The molecule has 3 fully saturated rings. The molecule has 4 aromatic carbocycles. The Bertz CT molecular complexity index is 5830. The Kier molecular flexibility index (Phi) is 39.0. The van der Waals surface area contributed by atoms with Gasteiger partial charge >= 0.3 is 58.4 Å². The van der Waals surface area contributed by atoms with Gasteiger partial charge in [-0.1, -0.05) is 55.5 Å². The van der Waals surface area contributed by atoms with E-state index in [0.717, 1.165) is 79.7 Å². The van der Waals surface area contributed by atoms with Crippen LogP contribution in [0.3, 0.4) is 0 Å². The molecule has 710 valence electrons. The fraction of sp³-hybridized carbons (Fsp3) is 0.458. The maximum atomic E-state index is 13.4. The molecule has 0 radical (unpaired) electrons. The number of pyridine rings is 2. The van der Waals surface area contributed by atoms with Gasteiger partial charge in [-0.2, -0.15) is 13.5 Å². The van der Waals surface area contributed by atoms with Gasteiger partial charge in [-0.3, -0.25) is 62.0 Å². The summed E-state index contributed by atoms with van der Waals surface area (Å²) >= 11 is 1.45. The van der Waals surface area contributed by atoms with Crippen LogP contribution in [0, 0.1) is 49.9 Å². The smallest absolute Gasteiger partial charge is 0.472 e. The first-order chi connectivity index (χ1) is 61.6. The van der Waals surface area contributed by atoms with Crippen LogP contribution in [0.2, 0.25) is 0 Å². The maximum absolute atomic E-state index is 13.4. The molecule has 0 saturated carbocycles. The highest BCUT2D eigenvalue weighted by Gasteiger charge is 2.37. The van der Waals surface area contributed by atoms with Crippen molar-refractivity contribution in [2.75, 3.05) is 224 Å². The molecule has 3 saturated heterocycles. The van der Waals surface area contributed by atoms with Crippen molar-refractivity contribution in [3.05, 3.63) is 176 Å². The van der Waals surface area contributed by atoms with Crippen molar-refractivity contribution in [3.8, 4) is 5.75 Å². The molecule has 9 heterocycles. The predicted molar refractivity (Wildman–Crippen MR) is 483 cm³/mol. The Morgan fingerprint density at radius 3 is 1.35 bits per heavy atom. The molecule has 0 bridgehead atoms. The lowest BCUT2D eigenvalue weighted by Crippen LogP contribution is -2.43. The number of thioether (sulfide) groups is 1. The number of rotatable bonds is 4. The summed E-state index contributed by atoms with van der Waals surface area (Å²) in [5, 5.41) is 69.7. The molecule has 10 aromatic rings. The SMILES string of the molecule is CN(C)C(F)=[N+](C)C.CN(C)C(ON1C(=O)CCC1=O)=[N+](C)C.CN(C)C(Oc1c(F)c(F)c(F)c(F)c1F)=[N+](C)C.CN(C)C(On1nnc2ccccc2c1=O)=[N+](C)C.CN(C)C(Sc1cccc[n+]1[O-])=[N+](C)C.CN(C)C(n1n[n+]([O-])c2ccccc21)=[N+](C)C.CN(C)C(n1n[n+]([O-])c2ncccc21)=[N+](C)C.[O-][n+]1nn(C(N2CCCC2)=[N+]2CCCC2)c2ccccc21. The number of carbonyl (C=O) groups is 2. The molecule has 0 spiro atoms. The normalized spacial score (nSPS) is 12.2. The lowest BCUT2D eigenvalue weighted by Gasteiger charge is -2.16. The third-order valence-electron chi connectivity index (χ3n) is 18.3. The number of hydrogen-bond donors (Lipinski definition) is 0.